The minimum Gasteiger partial charge on any atom is -0.390 e. The SMILES string of the molecule is O[C@H]1CNC[C@@H]1N1CCC(O)(Cc2ccccc2)CC1. The average Bonchev–Trinajstić information content (AvgIpc) is 2.87. The second-order valence-corrected chi connectivity index (χ2v) is 6.22. The summed E-state index contributed by atoms with van der Waals surface area (Å²) in [6, 6.07) is 10.4. The zero-order chi connectivity index (χ0) is 14.0. The van der Waals surface area contributed by atoms with E-state index in [1.54, 1.807) is 0 Å². The average molecular weight is 276 g/mol. The number of aliphatic hydroxyl groups excluding tert-OH is 1. The Morgan fingerprint density at radius 3 is 2.45 bits per heavy atom. The maximum absolute atomic E-state index is 10.7. The van der Waals surface area contributed by atoms with Gasteiger partial charge in [-0.3, -0.25) is 4.90 Å². The topological polar surface area (TPSA) is 55.7 Å². The Kier molecular flexibility index (Phi) is 4.08. The number of benzene rings is 1. The van der Waals surface area contributed by atoms with Gasteiger partial charge in [0.15, 0.2) is 0 Å². The number of hydrogen-bond donors (Lipinski definition) is 3. The first-order valence-electron chi connectivity index (χ1n) is 7.55. The number of piperidine rings is 1. The van der Waals surface area contributed by atoms with E-state index in [0.717, 1.165) is 38.9 Å². The monoisotopic (exact) mass is 276 g/mol. The molecule has 2 aliphatic heterocycles. The molecule has 4 nitrogen and oxygen atoms in total. The van der Waals surface area contributed by atoms with Crippen molar-refractivity contribution >= 4 is 0 Å². The highest BCUT2D eigenvalue weighted by molar-refractivity contribution is 5.17. The third kappa shape index (κ3) is 3.04. The molecule has 2 heterocycles. The summed E-state index contributed by atoms with van der Waals surface area (Å²) in [5, 5.41) is 23.9. The summed E-state index contributed by atoms with van der Waals surface area (Å²) in [5.74, 6) is 0. The predicted molar refractivity (Wildman–Crippen MR) is 78.6 cm³/mol. The van der Waals surface area contributed by atoms with Crippen LogP contribution in [0.1, 0.15) is 18.4 Å². The highest BCUT2D eigenvalue weighted by atomic mass is 16.3. The van der Waals surface area contributed by atoms with Crippen molar-refractivity contribution in [3.8, 4) is 0 Å². The number of nitrogens with one attached hydrogen (secondary N) is 1. The van der Waals surface area contributed by atoms with Gasteiger partial charge in [-0.15, -0.1) is 0 Å². The number of β-amino-alcohol motifs (C(OH)–C–C–N with tert-alkyl or cyclic N) is 1. The number of rotatable bonds is 3. The fourth-order valence-electron chi connectivity index (χ4n) is 3.45. The van der Waals surface area contributed by atoms with Crippen LogP contribution in [0.15, 0.2) is 30.3 Å². The fourth-order valence-corrected chi connectivity index (χ4v) is 3.45. The molecule has 3 N–H and O–H groups in total. The number of likely N-dealkylation sites (tertiary alicyclic amines) is 1. The minimum atomic E-state index is -0.588. The van der Waals surface area contributed by atoms with Crippen LogP contribution in [-0.2, 0) is 6.42 Å². The summed E-state index contributed by atoms with van der Waals surface area (Å²) in [6.07, 6.45) is 2.03. The molecular weight excluding hydrogens is 252 g/mol. The van der Waals surface area contributed by atoms with Gasteiger partial charge in [-0.2, -0.15) is 0 Å². The first-order valence-corrected chi connectivity index (χ1v) is 7.55. The van der Waals surface area contributed by atoms with Crippen LogP contribution >= 0.6 is 0 Å². The van der Waals surface area contributed by atoms with E-state index in [1.807, 2.05) is 18.2 Å². The third-order valence-corrected chi connectivity index (χ3v) is 4.72. The second kappa shape index (κ2) is 5.82. The Morgan fingerprint density at radius 1 is 1.15 bits per heavy atom. The van der Waals surface area contributed by atoms with Crippen molar-refractivity contribution in [3.63, 3.8) is 0 Å². The maximum Gasteiger partial charge on any atom is 0.0831 e. The van der Waals surface area contributed by atoms with Gasteiger partial charge in [0.05, 0.1) is 11.7 Å². The predicted octanol–water partition coefficient (Wildman–Crippen LogP) is 0.389. The van der Waals surface area contributed by atoms with E-state index in [9.17, 15) is 10.2 Å². The molecule has 4 heteroatoms. The minimum absolute atomic E-state index is 0.219. The van der Waals surface area contributed by atoms with E-state index >= 15 is 0 Å². The summed E-state index contributed by atoms with van der Waals surface area (Å²) in [7, 11) is 0. The van der Waals surface area contributed by atoms with Gasteiger partial charge in [0.2, 0.25) is 0 Å². The third-order valence-electron chi connectivity index (χ3n) is 4.72. The van der Waals surface area contributed by atoms with Crippen LogP contribution in [0.2, 0.25) is 0 Å². The van der Waals surface area contributed by atoms with Crippen molar-refractivity contribution in [2.24, 2.45) is 0 Å². The molecule has 20 heavy (non-hydrogen) atoms. The molecular formula is C16H24N2O2. The van der Waals surface area contributed by atoms with E-state index in [2.05, 4.69) is 22.3 Å². The zero-order valence-electron chi connectivity index (χ0n) is 11.8. The van der Waals surface area contributed by atoms with Gasteiger partial charge < -0.3 is 15.5 Å². The van der Waals surface area contributed by atoms with Crippen LogP contribution in [-0.4, -0.2) is 59.0 Å². The van der Waals surface area contributed by atoms with Gasteiger partial charge >= 0.3 is 0 Å². The molecule has 0 radical (unpaired) electrons. The van der Waals surface area contributed by atoms with Gasteiger partial charge in [-0.05, 0) is 18.4 Å². The number of hydrogen-bond acceptors (Lipinski definition) is 4. The van der Waals surface area contributed by atoms with Crippen molar-refractivity contribution in [3.05, 3.63) is 35.9 Å². The van der Waals surface area contributed by atoms with E-state index in [1.165, 1.54) is 5.56 Å². The first-order chi connectivity index (χ1) is 9.66. The summed E-state index contributed by atoms with van der Waals surface area (Å²) >= 11 is 0. The molecule has 0 spiro atoms. The van der Waals surface area contributed by atoms with Crippen molar-refractivity contribution < 1.29 is 10.2 Å². The van der Waals surface area contributed by atoms with Crippen LogP contribution in [0.4, 0.5) is 0 Å². The van der Waals surface area contributed by atoms with Crippen molar-refractivity contribution in [1.29, 1.82) is 0 Å². The van der Waals surface area contributed by atoms with Crippen molar-refractivity contribution in [2.45, 2.75) is 37.0 Å². The molecule has 2 atom stereocenters. The van der Waals surface area contributed by atoms with Crippen LogP contribution < -0.4 is 5.32 Å². The van der Waals surface area contributed by atoms with Crippen molar-refractivity contribution in [1.82, 2.24) is 10.2 Å². The summed E-state index contributed by atoms with van der Waals surface area (Å²) in [6.45, 7) is 3.28. The molecule has 3 rings (SSSR count). The van der Waals surface area contributed by atoms with Crippen LogP contribution in [0, 0.1) is 0 Å². The second-order valence-electron chi connectivity index (χ2n) is 6.22. The van der Waals surface area contributed by atoms with E-state index in [4.69, 9.17) is 0 Å². The normalized spacial score (nSPS) is 30.5. The number of nitrogens with zero attached hydrogens (tertiary/aromatic N) is 1. The Hall–Kier alpha value is -0.940. The lowest BCUT2D eigenvalue weighted by Crippen LogP contribution is -2.52. The molecule has 0 amide bonds. The molecule has 2 aliphatic rings. The highest BCUT2D eigenvalue weighted by Crippen LogP contribution is 2.28. The molecule has 0 aromatic heterocycles. The Labute approximate surface area is 120 Å². The Morgan fingerprint density at radius 2 is 1.85 bits per heavy atom. The summed E-state index contributed by atoms with van der Waals surface area (Å²) < 4.78 is 0. The molecule has 0 saturated carbocycles. The van der Waals surface area contributed by atoms with Crippen LogP contribution in [0.3, 0.4) is 0 Å². The maximum atomic E-state index is 10.7. The van der Waals surface area contributed by atoms with Gasteiger partial charge in [-0.25, -0.2) is 0 Å². The molecule has 0 unspecified atom stereocenters. The smallest absolute Gasteiger partial charge is 0.0831 e. The van der Waals surface area contributed by atoms with Gasteiger partial charge in [0, 0.05) is 38.6 Å². The lowest BCUT2D eigenvalue weighted by atomic mass is 9.85. The molecule has 1 aromatic rings. The molecule has 2 saturated heterocycles. The highest BCUT2D eigenvalue weighted by Gasteiger charge is 2.37. The van der Waals surface area contributed by atoms with Gasteiger partial charge in [0.25, 0.3) is 0 Å². The Bertz CT molecular complexity index is 429. The van der Waals surface area contributed by atoms with E-state index in [-0.39, 0.29) is 12.1 Å². The van der Waals surface area contributed by atoms with Crippen molar-refractivity contribution in [2.75, 3.05) is 26.2 Å². The lowest BCUT2D eigenvalue weighted by molar-refractivity contribution is -0.0403. The van der Waals surface area contributed by atoms with Gasteiger partial charge in [0.1, 0.15) is 0 Å². The lowest BCUT2D eigenvalue weighted by Gasteiger charge is -2.41. The molecule has 110 valence electrons. The largest absolute Gasteiger partial charge is 0.390 e. The van der Waals surface area contributed by atoms with Crippen LogP contribution in [0.5, 0.6) is 0 Å². The molecule has 0 aliphatic carbocycles. The first kappa shape index (κ1) is 14.0. The molecule has 1 aromatic carbocycles. The quantitative estimate of drug-likeness (QED) is 0.747. The van der Waals surface area contributed by atoms with E-state index in [0.29, 0.717) is 6.54 Å². The molecule has 2 fully saturated rings. The fraction of sp³-hybridized carbons (Fsp3) is 0.625. The molecule has 0 bridgehead atoms. The van der Waals surface area contributed by atoms with E-state index < -0.39 is 5.60 Å². The Balaban J connectivity index is 1.57. The summed E-state index contributed by atoms with van der Waals surface area (Å²) in [5.41, 5.74) is 0.612. The van der Waals surface area contributed by atoms with Gasteiger partial charge in [-0.1, -0.05) is 30.3 Å². The summed E-state index contributed by atoms with van der Waals surface area (Å²) in [4.78, 5) is 2.32. The van der Waals surface area contributed by atoms with Crippen LogP contribution in [0.25, 0.3) is 0 Å². The standard InChI is InChI=1S/C16H24N2O2/c19-15-12-17-11-14(15)18-8-6-16(20,7-9-18)10-13-4-2-1-3-5-13/h1-5,14-15,17,19-20H,6-12H2/t14-,15-/m0/s1. The zero-order valence-corrected chi connectivity index (χ0v) is 11.8. The number of aliphatic hydroxyl groups is 2.